The minimum absolute atomic E-state index is 0.132. The topological polar surface area (TPSA) is 55.6 Å². The number of hydrogen-bond donors (Lipinski definition) is 1. The Hall–Kier alpha value is -1.65. The molecular formula is C17H24N2O2. The zero-order valence-corrected chi connectivity index (χ0v) is 12.6. The van der Waals surface area contributed by atoms with Gasteiger partial charge in [-0.15, -0.1) is 0 Å². The van der Waals surface area contributed by atoms with Gasteiger partial charge in [0.25, 0.3) is 0 Å². The highest BCUT2D eigenvalue weighted by Crippen LogP contribution is 2.17. The van der Waals surface area contributed by atoms with Crippen LogP contribution in [0.2, 0.25) is 0 Å². The first-order chi connectivity index (χ1) is 10.3. The minimum Gasteiger partial charge on any atom is -0.460 e. The van der Waals surface area contributed by atoms with Gasteiger partial charge in [-0.3, -0.25) is 9.69 Å². The lowest BCUT2D eigenvalue weighted by atomic mass is 10.0. The van der Waals surface area contributed by atoms with Crippen LogP contribution in [-0.2, 0) is 16.1 Å². The number of nitrogens with two attached hydrogens (primary N) is 1. The molecule has 2 rings (SSSR count). The van der Waals surface area contributed by atoms with Crippen molar-refractivity contribution in [1.29, 1.82) is 0 Å². The van der Waals surface area contributed by atoms with Gasteiger partial charge in [0.05, 0.1) is 0 Å². The van der Waals surface area contributed by atoms with Crippen LogP contribution in [0.15, 0.2) is 42.5 Å². The van der Waals surface area contributed by atoms with Gasteiger partial charge in [0.1, 0.15) is 12.6 Å². The molecule has 114 valence electrons. The second-order valence-corrected chi connectivity index (χ2v) is 5.28. The number of carbonyl (C=O) groups is 1. The molecule has 1 aliphatic rings. The third-order valence-electron chi connectivity index (χ3n) is 3.86. The molecule has 0 radical (unpaired) electrons. The molecule has 0 spiro atoms. The molecular weight excluding hydrogens is 264 g/mol. The largest absolute Gasteiger partial charge is 0.460 e. The molecule has 0 amide bonds. The maximum atomic E-state index is 12.4. The maximum absolute atomic E-state index is 12.4. The van der Waals surface area contributed by atoms with Gasteiger partial charge in [-0.05, 0) is 18.4 Å². The molecule has 0 saturated carbocycles. The lowest BCUT2D eigenvalue weighted by molar-refractivity contribution is -0.152. The molecule has 4 heteroatoms. The summed E-state index contributed by atoms with van der Waals surface area (Å²) in [6.45, 7) is 3.73. The number of hydrogen-bond acceptors (Lipinski definition) is 4. The molecule has 2 atom stereocenters. The average molecular weight is 288 g/mol. The van der Waals surface area contributed by atoms with Crippen molar-refractivity contribution in [3.8, 4) is 0 Å². The third kappa shape index (κ3) is 4.16. The highest BCUT2D eigenvalue weighted by atomic mass is 16.5. The van der Waals surface area contributed by atoms with Crippen molar-refractivity contribution in [2.75, 3.05) is 13.1 Å². The van der Waals surface area contributed by atoms with E-state index in [1.54, 1.807) is 0 Å². The van der Waals surface area contributed by atoms with Crippen molar-refractivity contribution in [2.24, 2.45) is 5.73 Å². The van der Waals surface area contributed by atoms with Crippen molar-refractivity contribution < 1.29 is 9.53 Å². The van der Waals surface area contributed by atoms with Gasteiger partial charge < -0.3 is 10.5 Å². The predicted octanol–water partition coefficient (Wildman–Crippen LogP) is 2.10. The fourth-order valence-electron chi connectivity index (χ4n) is 2.72. The van der Waals surface area contributed by atoms with Crippen LogP contribution in [-0.4, -0.2) is 36.0 Å². The van der Waals surface area contributed by atoms with Crippen LogP contribution in [0.4, 0.5) is 0 Å². The molecule has 0 aromatic heterocycles. The molecule has 0 saturated heterocycles. The Morgan fingerprint density at radius 1 is 1.43 bits per heavy atom. The van der Waals surface area contributed by atoms with Gasteiger partial charge in [0.2, 0.25) is 0 Å². The molecule has 2 N–H and O–H groups in total. The van der Waals surface area contributed by atoms with Crippen LogP contribution in [0.3, 0.4) is 0 Å². The molecule has 0 bridgehead atoms. The number of ether oxygens (including phenoxy) is 1. The Balaban J connectivity index is 1.96. The molecule has 0 aliphatic carbocycles. The van der Waals surface area contributed by atoms with Crippen molar-refractivity contribution in [3.63, 3.8) is 0 Å². The Kier molecular flexibility index (Phi) is 5.96. The molecule has 2 unspecified atom stereocenters. The second-order valence-electron chi connectivity index (χ2n) is 5.28. The number of rotatable bonds is 6. The number of esters is 1. The van der Waals surface area contributed by atoms with Crippen LogP contribution in [0.25, 0.3) is 0 Å². The van der Waals surface area contributed by atoms with E-state index in [1.807, 2.05) is 37.3 Å². The summed E-state index contributed by atoms with van der Waals surface area (Å²) < 4.78 is 5.48. The lowest BCUT2D eigenvalue weighted by Gasteiger charge is -2.36. The van der Waals surface area contributed by atoms with E-state index in [4.69, 9.17) is 10.5 Å². The summed E-state index contributed by atoms with van der Waals surface area (Å²) in [5.74, 6) is -0.157. The Morgan fingerprint density at radius 3 is 2.86 bits per heavy atom. The summed E-state index contributed by atoms with van der Waals surface area (Å²) in [6, 6.07) is 9.67. The summed E-state index contributed by atoms with van der Waals surface area (Å²) in [5.41, 5.74) is 6.82. The molecule has 1 aromatic carbocycles. The average Bonchev–Trinajstić information content (AvgIpc) is 2.55. The van der Waals surface area contributed by atoms with Crippen molar-refractivity contribution in [2.45, 2.75) is 38.5 Å². The minimum atomic E-state index is -0.216. The molecule has 1 heterocycles. The first kappa shape index (κ1) is 15.7. The van der Waals surface area contributed by atoms with E-state index in [1.165, 1.54) is 0 Å². The highest BCUT2D eigenvalue weighted by molar-refractivity contribution is 5.75. The first-order valence-electron chi connectivity index (χ1n) is 7.59. The van der Waals surface area contributed by atoms with Crippen molar-refractivity contribution >= 4 is 5.97 Å². The third-order valence-corrected chi connectivity index (χ3v) is 3.86. The van der Waals surface area contributed by atoms with Crippen molar-refractivity contribution in [3.05, 3.63) is 48.0 Å². The van der Waals surface area contributed by atoms with Gasteiger partial charge in [-0.2, -0.15) is 0 Å². The van der Waals surface area contributed by atoms with Crippen molar-refractivity contribution in [1.82, 2.24) is 4.90 Å². The molecule has 4 nitrogen and oxygen atoms in total. The smallest absolute Gasteiger partial charge is 0.323 e. The van der Waals surface area contributed by atoms with Crippen LogP contribution in [0.1, 0.15) is 25.3 Å². The zero-order chi connectivity index (χ0) is 15.1. The number of nitrogens with zero attached hydrogens (tertiary/aromatic N) is 1. The normalized spacial score (nSPS) is 20.2. The quantitative estimate of drug-likeness (QED) is 0.643. The highest BCUT2D eigenvalue weighted by Gasteiger charge is 2.30. The number of benzene rings is 1. The fourth-order valence-corrected chi connectivity index (χ4v) is 2.72. The van der Waals surface area contributed by atoms with Gasteiger partial charge in [0, 0.05) is 19.1 Å². The fraction of sp³-hybridized carbons (Fsp3) is 0.471. The van der Waals surface area contributed by atoms with E-state index in [0.717, 1.165) is 24.9 Å². The summed E-state index contributed by atoms with van der Waals surface area (Å²) in [6.07, 6.45) is 5.92. The molecule has 0 fully saturated rings. The van der Waals surface area contributed by atoms with Crippen LogP contribution in [0.5, 0.6) is 0 Å². The monoisotopic (exact) mass is 288 g/mol. The summed E-state index contributed by atoms with van der Waals surface area (Å²) >= 11 is 0. The Morgan fingerprint density at radius 2 is 2.19 bits per heavy atom. The van der Waals surface area contributed by atoms with Crippen LogP contribution in [0, 0.1) is 0 Å². The van der Waals surface area contributed by atoms with Crippen LogP contribution >= 0.6 is 0 Å². The summed E-state index contributed by atoms with van der Waals surface area (Å²) in [5, 5.41) is 0. The van der Waals surface area contributed by atoms with E-state index in [9.17, 15) is 4.79 Å². The summed E-state index contributed by atoms with van der Waals surface area (Å²) in [4.78, 5) is 14.5. The SMILES string of the molecule is CCC(C(=O)OCc1ccccc1)N1CCC=CC1CN. The first-order valence-corrected chi connectivity index (χ1v) is 7.59. The lowest BCUT2D eigenvalue weighted by Crippen LogP contribution is -2.51. The second kappa shape index (κ2) is 7.96. The summed E-state index contributed by atoms with van der Waals surface area (Å²) in [7, 11) is 0. The van der Waals surface area contributed by atoms with E-state index in [2.05, 4.69) is 17.1 Å². The predicted molar refractivity (Wildman–Crippen MR) is 83.6 cm³/mol. The van der Waals surface area contributed by atoms with E-state index < -0.39 is 0 Å². The number of carbonyl (C=O) groups excluding carboxylic acids is 1. The van der Waals surface area contributed by atoms with E-state index >= 15 is 0 Å². The van der Waals surface area contributed by atoms with Gasteiger partial charge in [-0.25, -0.2) is 0 Å². The van der Waals surface area contributed by atoms with Gasteiger partial charge in [0.15, 0.2) is 0 Å². The van der Waals surface area contributed by atoms with Gasteiger partial charge >= 0.3 is 5.97 Å². The van der Waals surface area contributed by atoms with E-state index in [-0.39, 0.29) is 18.1 Å². The maximum Gasteiger partial charge on any atom is 0.323 e. The molecule has 1 aliphatic heterocycles. The Bertz CT molecular complexity index is 473. The standard InChI is InChI=1S/C17H24N2O2/c1-2-16(19-11-7-6-10-15(19)12-18)17(20)21-13-14-8-4-3-5-9-14/h3-6,8-10,15-16H,2,7,11-13,18H2,1H3. The zero-order valence-electron chi connectivity index (χ0n) is 12.6. The molecule has 1 aromatic rings. The van der Waals surface area contributed by atoms with Crippen LogP contribution < -0.4 is 5.73 Å². The Labute approximate surface area is 126 Å². The molecule has 21 heavy (non-hydrogen) atoms. The van der Waals surface area contributed by atoms with E-state index in [0.29, 0.717) is 13.2 Å². The van der Waals surface area contributed by atoms with Gasteiger partial charge in [-0.1, -0.05) is 49.4 Å².